The molecule has 0 spiro atoms. The van der Waals surface area contributed by atoms with Gasteiger partial charge in [0, 0.05) is 12.6 Å². The molecule has 2 aliphatic rings. The van der Waals surface area contributed by atoms with Crippen LogP contribution in [0.25, 0.3) is 0 Å². The lowest BCUT2D eigenvalue weighted by molar-refractivity contribution is 0.112. The van der Waals surface area contributed by atoms with Crippen molar-refractivity contribution in [3.63, 3.8) is 0 Å². The second-order valence-electron chi connectivity index (χ2n) is 5.74. The summed E-state index contributed by atoms with van der Waals surface area (Å²) in [4.78, 5) is 13.4. The quantitative estimate of drug-likeness (QED) is 0.771. The van der Waals surface area contributed by atoms with Gasteiger partial charge in [0.15, 0.2) is 6.29 Å². The number of halogens is 1. The summed E-state index contributed by atoms with van der Waals surface area (Å²) in [6.45, 7) is 0.950. The van der Waals surface area contributed by atoms with Crippen LogP contribution in [0.1, 0.15) is 48.9 Å². The number of hydrogen-bond acceptors (Lipinski definition) is 2. The van der Waals surface area contributed by atoms with Gasteiger partial charge in [-0.1, -0.05) is 18.9 Å². The Morgan fingerprint density at radius 3 is 2.68 bits per heavy atom. The molecule has 3 rings (SSSR count). The van der Waals surface area contributed by atoms with Gasteiger partial charge in [0.05, 0.1) is 11.3 Å². The molecule has 1 aliphatic carbocycles. The third-order valence-electron chi connectivity index (χ3n) is 4.70. The molecule has 19 heavy (non-hydrogen) atoms. The van der Waals surface area contributed by atoms with Gasteiger partial charge in [-0.05, 0) is 43.7 Å². The Hall–Kier alpha value is -1.38. The van der Waals surface area contributed by atoms with Crippen LogP contribution >= 0.6 is 0 Å². The van der Waals surface area contributed by atoms with E-state index in [9.17, 15) is 9.18 Å². The molecule has 1 aromatic carbocycles. The van der Waals surface area contributed by atoms with Crippen molar-refractivity contribution >= 4 is 12.0 Å². The molecule has 1 heterocycles. The van der Waals surface area contributed by atoms with Crippen LogP contribution in [0.2, 0.25) is 0 Å². The number of anilines is 1. The van der Waals surface area contributed by atoms with Gasteiger partial charge in [-0.25, -0.2) is 4.39 Å². The van der Waals surface area contributed by atoms with Crippen LogP contribution in [0.15, 0.2) is 18.2 Å². The number of carbonyl (C=O) groups is 1. The molecule has 1 atom stereocenters. The molecule has 1 unspecified atom stereocenters. The highest BCUT2D eigenvalue weighted by molar-refractivity contribution is 5.85. The maximum absolute atomic E-state index is 13.8. The van der Waals surface area contributed by atoms with Crippen molar-refractivity contribution in [1.29, 1.82) is 0 Å². The van der Waals surface area contributed by atoms with E-state index in [0.29, 0.717) is 12.3 Å². The van der Waals surface area contributed by atoms with Gasteiger partial charge in [0.2, 0.25) is 0 Å². The summed E-state index contributed by atoms with van der Waals surface area (Å²) < 4.78 is 13.8. The van der Waals surface area contributed by atoms with Crippen molar-refractivity contribution in [2.45, 2.75) is 44.6 Å². The van der Waals surface area contributed by atoms with E-state index >= 15 is 0 Å². The summed E-state index contributed by atoms with van der Waals surface area (Å²) in [5, 5.41) is 0. The molecule has 0 aromatic heterocycles. The fourth-order valence-corrected chi connectivity index (χ4v) is 3.82. The molecule has 2 fully saturated rings. The van der Waals surface area contributed by atoms with Crippen molar-refractivity contribution in [2.75, 3.05) is 11.4 Å². The van der Waals surface area contributed by atoms with Crippen molar-refractivity contribution in [3.05, 3.63) is 29.6 Å². The van der Waals surface area contributed by atoms with Crippen molar-refractivity contribution in [2.24, 2.45) is 5.92 Å². The topological polar surface area (TPSA) is 20.3 Å². The largest absolute Gasteiger partial charge is 0.368 e. The standard InChI is InChI=1S/C16H20FNO/c17-14-7-3-8-16(13(14)11-19)18-10-4-9-15(18)12-5-1-2-6-12/h3,7-8,11-12,15H,1-2,4-6,9-10H2. The first-order valence-corrected chi connectivity index (χ1v) is 7.31. The molecule has 3 heteroatoms. The monoisotopic (exact) mass is 261 g/mol. The van der Waals surface area contributed by atoms with E-state index in [-0.39, 0.29) is 5.56 Å². The second kappa shape index (κ2) is 5.32. The van der Waals surface area contributed by atoms with E-state index in [1.165, 1.54) is 38.2 Å². The molecule has 102 valence electrons. The molecule has 1 saturated carbocycles. The Morgan fingerprint density at radius 1 is 1.16 bits per heavy atom. The van der Waals surface area contributed by atoms with Crippen molar-refractivity contribution < 1.29 is 9.18 Å². The maximum atomic E-state index is 13.8. The highest BCUT2D eigenvalue weighted by Gasteiger charge is 2.34. The summed E-state index contributed by atoms with van der Waals surface area (Å²) in [6, 6.07) is 5.47. The van der Waals surface area contributed by atoms with Crippen LogP contribution in [-0.4, -0.2) is 18.9 Å². The second-order valence-corrected chi connectivity index (χ2v) is 5.74. The van der Waals surface area contributed by atoms with Crippen LogP contribution in [0.4, 0.5) is 10.1 Å². The first-order valence-electron chi connectivity index (χ1n) is 7.31. The minimum absolute atomic E-state index is 0.229. The third-order valence-corrected chi connectivity index (χ3v) is 4.70. The highest BCUT2D eigenvalue weighted by atomic mass is 19.1. The molecule has 1 saturated heterocycles. The number of aldehydes is 1. The zero-order chi connectivity index (χ0) is 13.2. The van der Waals surface area contributed by atoms with Crippen LogP contribution in [0, 0.1) is 11.7 Å². The minimum atomic E-state index is -0.399. The number of nitrogens with zero attached hydrogens (tertiary/aromatic N) is 1. The minimum Gasteiger partial charge on any atom is -0.368 e. The summed E-state index contributed by atoms with van der Waals surface area (Å²) in [7, 11) is 0. The molecular weight excluding hydrogens is 241 g/mol. The van der Waals surface area contributed by atoms with Gasteiger partial charge in [-0.2, -0.15) is 0 Å². The Bertz CT molecular complexity index is 468. The van der Waals surface area contributed by atoms with E-state index in [0.717, 1.165) is 24.6 Å². The fraction of sp³-hybridized carbons (Fsp3) is 0.562. The molecular formula is C16H20FNO. The lowest BCUT2D eigenvalue weighted by Gasteiger charge is -2.32. The first kappa shape index (κ1) is 12.6. The SMILES string of the molecule is O=Cc1c(F)cccc1N1CCCC1C1CCCC1. The maximum Gasteiger partial charge on any atom is 0.155 e. The van der Waals surface area contributed by atoms with Crippen molar-refractivity contribution in [1.82, 2.24) is 0 Å². The smallest absolute Gasteiger partial charge is 0.155 e. The lowest BCUT2D eigenvalue weighted by Crippen LogP contribution is -2.35. The Morgan fingerprint density at radius 2 is 1.95 bits per heavy atom. The number of benzene rings is 1. The molecule has 0 N–H and O–H groups in total. The van der Waals surface area contributed by atoms with E-state index < -0.39 is 5.82 Å². The van der Waals surface area contributed by atoms with E-state index in [2.05, 4.69) is 4.90 Å². The van der Waals surface area contributed by atoms with Gasteiger partial charge in [0.25, 0.3) is 0 Å². The summed E-state index contributed by atoms with van der Waals surface area (Å²) in [6.07, 6.45) is 8.20. The van der Waals surface area contributed by atoms with Gasteiger partial charge in [0.1, 0.15) is 5.82 Å². The molecule has 1 aromatic rings. The van der Waals surface area contributed by atoms with Gasteiger partial charge >= 0.3 is 0 Å². The number of hydrogen-bond donors (Lipinski definition) is 0. The molecule has 0 amide bonds. The number of rotatable bonds is 3. The Kier molecular flexibility index (Phi) is 3.54. The van der Waals surface area contributed by atoms with E-state index in [1.54, 1.807) is 6.07 Å². The Labute approximate surface area is 113 Å². The zero-order valence-corrected chi connectivity index (χ0v) is 11.1. The van der Waals surface area contributed by atoms with E-state index in [4.69, 9.17) is 0 Å². The van der Waals surface area contributed by atoms with Crippen LogP contribution in [0.5, 0.6) is 0 Å². The molecule has 2 nitrogen and oxygen atoms in total. The predicted octanol–water partition coefficient (Wildman–Crippen LogP) is 3.80. The average molecular weight is 261 g/mol. The zero-order valence-electron chi connectivity index (χ0n) is 11.1. The van der Waals surface area contributed by atoms with E-state index in [1.807, 2.05) is 6.07 Å². The van der Waals surface area contributed by atoms with Gasteiger partial charge in [-0.3, -0.25) is 4.79 Å². The predicted molar refractivity (Wildman–Crippen MR) is 74.1 cm³/mol. The lowest BCUT2D eigenvalue weighted by atomic mass is 9.95. The van der Waals surface area contributed by atoms with Crippen molar-refractivity contribution in [3.8, 4) is 0 Å². The van der Waals surface area contributed by atoms with Crippen LogP contribution < -0.4 is 4.90 Å². The van der Waals surface area contributed by atoms with Crippen LogP contribution in [0.3, 0.4) is 0 Å². The normalized spacial score (nSPS) is 24.1. The number of carbonyl (C=O) groups excluding carboxylic acids is 1. The summed E-state index contributed by atoms with van der Waals surface area (Å²) >= 11 is 0. The molecule has 1 aliphatic heterocycles. The van der Waals surface area contributed by atoms with Crippen LogP contribution in [-0.2, 0) is 0 Å². The van der Waals surface area contributed by atoms with Gasteiger partial charge < -0.3 is 4.90 Å². The van der Waals surface area contributed by atoms with Gasteiger partial charge in [-0.15, -0.1) is 0 Å². The summed E-state index contributed by atoms with van der Waals surface area (Å²) in [5.41, 5.74) is 1.02. The highest BCUT2D eigenvalue weighted by Crippen LogP contribution is 2.38. The summed E-state index contributed by atoms with van der Waals surface area (Å²) in [5.74, 6) is 0.329. The molecule has 0 bridgehead atoms. The third kappa shape index (κ3) is 2.26. The first-order chi connectivity index (χ1) is 9.31. The molecule has 0 radical (unpaired) electrons. The fourth-order valence-electron chi connectivity index (χ4n) is 3.82. The Balaban J connectivity index is 1.92. The average Bonchev–Trinajstić information content (AvgIpc) is 3.09.